The Balaban J connectivity index is 3.59. The predicted octanol–water partition coefficient (Wildman–Crippen LogP) is 1.43. The first kappa shape index (κ1) is 9.26. The maximum Gasteiger partial charge on any atom is 0.236 e. The lowest BCUT2D eigenvalue weighted by atomic mass is 10.1. The van der Waals surface area contributed by atoms with Crippen LogP contribution in [0.25, 0.3) is 0 Å². The van der Waals surface area contributed by atoms with E-state index in [1.165, 1.54) is 0 Å². The van der Waals surface area contributed by atoms with Crippen LogP contribution in [0.3, 0.4) is 0 Å². The van der Waals surface area contributed by atoms with E-state index in [1.807, 2.05) is 0 Å². The molecule has 0 fully saturated rings. The Morgan fingerprint density at radius 1 is 1.23 bits per heavy atom. The van der Waals surface area contributed by atoms with E-state index in [2.05, 4.69) is 0 Å². The van der Waals surface area contributed by atoms with E-state index in [-0.39, 0.29) is 0 Å². The number of hydrogen-bond donors (Lipinski definition) is 0. The number of nitriles is 1. The van der Waals surface area contributed by atoms with Gasteiger partial charge in [0.15, 0.2) is 17.5 Å². The number of carbonyl (C=O) groups excluding carboxylic acids is 1. The molecule has 0 atom stereocenters. The molecule has 0 aliphatic heterocycles. The van der Waals surface area contributed by atoms with Crippen molar-refractivity contribution in [2.24, 2.45) is 0 Å². The van der Waals surface area contributed by atoms with Crippen LogP contribution in [0.5, 0.6) is 0 Å². The average molecular weight is 184 g/mol. The van der Waals surface area contributed by atoms with E-state index >= 15 is 0 Å². The lowest BCUT2D eigenvalue weighted by molar-refractivity contribution is 0.488. The average Bonchev–Trinajstić information content (AvgIpc) is 2.12. The van der Waals surface area contributed by atoms with Crippen LogP contribution in [-0.2, 0) is 4.79 Å². The normalized spacial score (nSPS) is 9.38. The monoisotopic (exact) mass is 184 g/mol. The standard InChI is InChI=1S/C8HF3NO/c9-6-1-4(3-13)7(10)5(2-12)8(6)11/h1H. The molecule has 0 unspecified atom stereocenters. The van der Waals surface area contributed by atoms with Crippen LogP contribution in [0.4, 0.5) is 13.2 Å². The van der Waals surface area contributed by atoms with Gasteiger partial charge in [0.2, 0.25) is 6.29 Å². The predicted molar refractivity (Wildman–Crippen MR) is 35.8 cm³/mol. The van der Waals surface area contributed by atoms with E-state index in [4.69, 9.17) is 5.26 Å². The Labute approximate surface area is 71.2 Å². The maximum atomic E-state index is 12.8. The number of halogens is 3. The molecule has 0 aliphatic rings. The van der Waals surface area contributed by atoms with Gasteiger partial charge in [0.1, 0.15) is 11.6 Å². The Morgan fingerprint density at radius 2 is 1.85 bits per heavy atom. The summed E-state index contributed by atoms with van der Waals surface area (Å²) in [4.78, 5) is 10.00. The van der Waals surface area contributed by atoms with Crippen LogP contribution < -0.4 is 0 Å². The minimum atomic E-state index is -1.60. The topological polar surface area (TPSA) is 40.9 Å². The molecule has 0 heterocycles. The molecule has 2 nitrogen and oxygen atoms in total. The first-order chi connectivity index (χ1) is 6.11. The molecule has 65 valence electrons. The summed E-state index contributed by atoms with van der Waals surface area (Å²) in [5, 5.41) is 8.22. The van der Waals surface area contributed by atoms with Crippen molar-refractivity contribution >= 4 is 6.29 Å². The molecule has 1 rings (SSSR count). The van der Waals surface area contributed by atoms with Gasteiger partial charge in [-0.05, 0) is 6.07 Å². The molecule has 0 N–H and O–H groups in total. The van der Waals surface area contributed by atoms with Gasteiger partial charge in [-0.3, -0.25) is 4.79 Å². The summed E-state index contributed by atoms with van der Waals surface area (Å²) in [5.41, 5.74) is -1.91. The lowest BCUT2D eigenvalue weighted by Crippen LogP contribution is -2.00. The SMILES string of the molecule is N#Cc1c(F)c(F)cc([C]=O)c1F. The Morgan fingerprint density at radius 3 is 2.31 bits per heavy atom. The summed E-state index contributed by atoms with van der Waals surface area (Å²) in [7, 11) is 0. The second kappa shape index (κ2) is 3.27. The third kappa shape index (κ3) is 1.38. The van der Waals surface area contributed by atoms with Gasteiger partial charge in [-0.1, -0.05) is 0 Å². The molecule has 1 aromatic carbocycles. The Kier molecular flexibility index (Phi) is 2.33. The smallest absolute Gasteiger partial charge is 0.236 e. The van der Waals surface area contributed by atoms with Gasteiger partial charge in [-0.2, -0.15) is 5.26 Å². The van der Waals surface area contributed by atoms with Crippen molar-refractivity contribution in [3.63, 3.8) is 0 Å². The van der Waals surface area contributed by atoms with Gasteiger partial charge < -0.3 is 0 Å². The molecular weight excluding hydrogens is 183 g/mol. The van der Waals surface area contributed by atoms with Crippen molar-refractivity contribution in [2.75, 3.05) is 0 Å². The van der Waals surface area contributed by atoms with Crippen molar-refractivity contribution in [3.05, 3.63) is 34.6 Å². The molecule has 0 aliphatic carbocycles. The summed E-state index contributed by atoms with van der Waals surface area (Å²) < 4.78 is 38.0. The van der Waals surface area contributed by atoms with E-state index in [1.54, 1.807) is 0 Å². The fourth-order valence-electron chi connectivity index (χ4n) is 0.776. The molecule has 1 aromatic rings. The molecule has 0 saturated heterocycles. The number of benzene rings is 1. The molecule has 0 spiro atoms. The summed E-state index contributed by atoms with van der Waals surface area (Å²) >= 11 is 0. The maximum absolute atomic E-state index is 12.8. The molecular formula is C8HF3NO. The molecule has 0 bridgehead atoms. The summed E-state index contributed by atoms with van der Waals surface area (Å²) in [6.45, 7) is 0. The highest BCUT2D eigenvalue weighted by Gasteiger charge is 2.18. The van der Waals surface area contributed by atoms with Crippen LogP contribution in [0.15, 0.2) is 6.07 Å². The third-order valence-electron chi connectivity index (χ3n) is 1.38. The van der Waals surface area contributed by atoms with Gasteiger partial charge >= 0.3 is 0 Å². The van der Waals surface area contributed by atoms with E-state index < -0.39 is 28.6 Å². The largest absolute Gasteiger partial charge is 0.285 e. The first-order valence-electron chi connectivity index (χ1n) is 3.07. The summed E-state index contributed by atoms with van der Waals surface area (Å²) in [5.74, 6) is -4.44. The highest BCUT2D eigenvalue weighted by atomic mass is 19.2. The zero-order valence-corrected chi connectivity index (χ0v) is 6.07. The van der Waals surface area contributed by atoms with Crippen LogP contribution in [0, 0.1) is 28.8 Å². The van der Waals surface area contributed by atoms with E-state index in [0.717, 1.165) is 12.4 Å². The van der Waals surface area contributed by atoms with Gasteiger partial charge in [0.05, 0.1) is 5.56 Å². The van der Waals surface area contributed by atoms with Crippen LogP contribution in [-0.4, -0.2) is 6.29 Å². The second-order valence-electron chi connectivity index (χ2n) is 2.12. The summed E-state index contributed by atoms with van der Waals surface area (Å²) in [6, 6.07) is 1.46. The van der Waals surface area contributed by atoms with Crippen molar-refractivity contribution < 1.29 is 18.0 Å². The first-order valence-corrected chi connectivity index (χ1v) is 3.07. The number of nitrogens with zero attached hydrogens (tertiary/aromatic N) is 1. The highest BCUT2D eigenvalue weighted by molar-refractivity contribution is 5.76. The fourth-order valence-corrected chi connectivity index (χ4v) is 0.776. The van der Waals surface area contributed by atoms with Crippen LogP contribution in [0.2, 0.25) is 0 Å². The molecule has 1 radical (unpaired) electrons. The van der Waals surface area contributed by atoms with Gasteiger partial charge in [0.25, 0.3) is 0 Å². The van der Waals surface area contributed by atoms with Gasteiger partial charge in [-0.25, -0.2) is 13.2 Å². The Bertz CT molecular complexity index is 409. The van der Waals surface area contributed by atoms with E-state index in [9.17, 15) is 18.0 Å². The molecule has 13 heavy (non-hydrogen) atoms. The molecule has 0 amide bonds. The Hall–Kier alpha value is -1.83. The minimum absolute atomic E-state index is 0.346. The van der Waals surface area contributed by atoms with E-state index in [0.29, 0.717) is 6.07 Å². The van der Waals surface area contributed by atoms with Crippen molar-refractivity contribution in [1.29, 1.82) is 5.26 Å². The molecule has 5 heteroatoms. The zero-order valence-electron chi connectivity index (χ0n) is 6.07. The third-order valence-corrected chi connectivity index (χ3v) is 1.38. The van der Waals surface area contributed by atoms with Crippen molar-refractivity contribution in [2.45, 2.75) is 0 Å². The fraction of sp³-hybridized carbons (Fsp3) is 0. The molecule has 0 aromatic heterocycles. The second-order valence-corrected chi connectivity index (χ2v) is 2.12. The van der Waals surface area contributed by atoms with Crippen LogP contribution >= 0.6 is 0 Å². The highest BCUT2D eigenvalue weighted by Crippen LogP contribution is 2.17. The van der Waals surface area contributed by atoms with Gasteiger partial charge in [-0.15, -0.1) is 0 Å². The quantitative estimate of drug-likeness (QED) is 0.619. The lowest BCUT2D eigenvalue weighted by Gasteiger charge is -1.99. The summed E-state index contributed by atoms with van der Waals surface area (Å²) in [6.07, 6.45) is 1.06. The number of rotatable bonds is 1. The number of hydrogen-bond acceptors (Lipinski definition) is 2. The molecule has 0 saturated carbocycles. The van der Waals surface area contributed by atoms with Crippen molar-refractivity contribution in [3.8, 4) is 6.07 Å². The van der Waals surface area contributed by atoms with Gasteiger partial charge in [0, 0.05) is 0 Å². The minimum Gasteiger partial charge on any atom is -0.285 e. The van der Waals surface area contributed by atoms with Crippen LogP contribution in [0.1, 0.15) is 11.1 Å². The zero-order chi connectivity index (χ0) is 10.0. The van der Waals surface area contributed by atoms with Crippen molar-refractivity contribution in [1.82, 2.24) is 0 Å².